The zero-order chi connectivity index (χ0) is 30.8. The number of hydrogen-bond donors (Lipinski definition) is 0. The van der Waals surface area contributed by atoms with Crippen molar-refractivity contribution in [2.24, 2.45) is 0 Å². The van der Waals surface area contributed by atoms with Gasteiger partial charge in [0.15, 0.2) is 15.7 Å². The minimum Gasteiger partial charge on any atom is -0.503 e. The summed E-state index contributed by atoms with van der Waals surface area (Å²) < 4.78 is 50.3. The molecule has 1 aliphatic heterocycles. The van der Waals surface area contributed by atoms with Crippen LogP contribution in [0.5, 0.6) is 11.5 Å². The topological polar surface area (TPSA) is 64.6 Å². The average molecular weight is 545 g/mol. The van der Waals surface area contributed by atoms with Crippen LogP contribution in [0.25, 0.3) is 11.1 Å². The van der Waals surface area contributed by atoms with Crippen LogP contribution < -0.4 is 58.9 Å². The number of carbonyl (C=O) groups is 1. The first-order valence-electron chi connectivity index (χ1n) is 13.6. The first-order chi connectivity index (χ1) is 18.8. The van der Waals surface area contributed by atoms with E-state index in [0.29, 0.717) is 45.5 Å². The number of halogens is 3. The molecular weight excluding hydrogens is 518 g/mol. The lowest BCUT2D eigenvalue weighted by molar-refractivity contribution is -0.273. The lowest BCUT2D eigenvalue weighted by atomic mass is 9.64. The molecule has 0 aliphatic carbocycles. The van der Waals surface area contributed by atoms with Crippen molar-refractivity contribution in [1.29, 1.82) is 0 Å². The molecule has 0 saturated carbocycles. The molecule has 198 valence electrons. The average Bonchev–Trinajstić information content (AvgIpc) is 2.94. The molecule has 2 aromatic carbocycles. The second-order valence-electron chi connectivity index (χ2n) is 11.8. The SMILES string of the molecule is Bc1cc(-c2c(B)c(B)c3c(c2B)C(=O)N(Cc2nc(B)c(B)c(B)n2)CC(B)(B)O3)c(B)c(B)c1OC(F)(F)F. The van der Waals surface area contributed by atoms with Crippen LogP contribution in [0.15, 0.2) is 6.07 Å². The minimum atomic E-state index is -4.80. The predicted octanol–water partition coefficient (Wildman–Crippen LogP) is -13.7. The maximum Gasteiger partial charge on any atom is 0.573 e. The number of fused-ring (bicyclic) bond motifs is 1. The Balaban J connectivity index is 1.92. The number of benzene rings is 2. The van der Waals surface area contributed by atoms with E-state index >= 15 is 0 Å². The molecule has 2 heterocycles. The molecular formula is C21H27B11F3N3O3. The Kier molecular flexibility index (Phi) is 8.13. The molecule has 0 saturated heterocycles. The van der Waals surface area contributed by atoms with Crippen molar-refractivity contribution in [3.8, 4) is 22.6 Å². The fourth-order valence-electron chi connectivity index (χ4n) is 5.71. The summed E-state index contributed by atoms with van der Waals surface area (Å²) in [6.07, 6.45) is -4.80. The summed E-state index contributed by atoms with van der Waals surface area (Å²) in [5, 5.41) is -0.694. The van der Waals surface area contributed by atoms with Crippen LogP contribution in [-0.2, 0) is 6.54 Å². The standard InChI is InChI=1S/C21H27B11F3N3O3/c22-5-1-4(9(23)12(26)15(5)41-21(33,34)35)7-10(24)8-16(13(27)11(7)25)40-20(31,32)3-38(19(8)39)2-6-36-17(29)14(28)18(30)37-6/h1H,2-3,22-32H2. The second kappa shape index (κ2) is 10.7. The molecule has 0 atom stereocenters. The summed E-state index contributed by atoms with van der Waals surface area (Å²) in [4.78, 5) is 25.3. The lowest BCUT2D eigenvalue weighted by Gasteiger charge is -2.30. The highest BCUT2D eigenvalue weighted by molar-refractivity contribution is 6.60. The first kappa shape index (κ1) is 31.0. The molecule has 1 amide bonds. The molecule has 20 heteroatoms. The normalized spacial score (nSPS) is 14.7. The van der Waals surface area contributed by atoms with Gasteiger partial charge in [-0.2, -0.15) is 0 Å². The van der Waals surface area contributed by atoms with Crippen molar-refractivity contribution in [2.75, 3.05) is 6.54 Å². The molecule has 0 N–H and O–H groups in total. The van der Waals surface area contributed by atoms with E-state index < -0.39 is 11.8 Å². The van der Waals surface area contributed by atoms with Crippen molar-refractivity contribution in [3.63, 3.8) is 0 Å². The van der Waals surface area contributed by atoms with E-state index in [1.807, 2.05) is 62.8 Å². The third-order valence-electron chi connectivity index (χ3n) is 8.23. The van der Waals surface area contributed by atoms with E-state index in [-0.39, 0.29) is 18.2 Å². The van der Waals surface area contributed by atoms with Gasteiger partial charge in [-0.05, 0) is 27.8 Å². The quantitative estimate of drug-likeness (QED) is 0.305. The second-order valence-corrected chi connectivity index (χ2v) is 11.8. The van der Waals surface area contributed by atoms with Gasteiger partial charge in [-0.25, -0.2) is 9.97 Å². The fraction of sp³-hybridized carbons (Fsp3) is 0.190. The van der Waals surface area contributed by atoms with E-state index in [2.05, 4.69) is 14.7 Å². The van der Waals surface area contributed by atoms with Crippen molar-refractivity contribution >= 4 is 142 Å². The van der Waals surface area contributed by atoms with Crippen LogP contribution >= 0.6 is 0 Å². The van der Waals surface area contributed by atoms with Gasteiger partial charge in [0.25, 0.3) is 5.91 Å². The largest absolute Gasteiger partial charge is 0.573 e. The highest BCUT2D eigenvalue weighted by Crippen LogP contribution is 2.28. The van der Waals surface area contributed by atoms with Gasteiger partial charge in [-0.15, -0.1) is 13.2 Å². The summed E-state index contributed by atoms with van der Waals surface area (Å²) in [6.45, 7) is 0.541. The number of hydrogen-bond acceptors (Lipinski definition) is 5. The number of nitrogens with zero attached hydrogens (tertiary/aromatic N) is 3. The number of amides is 1. The Labute approximate surface area is 248 Å². The van der Waals surface area contributed by atoms with E-state index in [1.165, 1.54) is 0 Å². The summed E-state index contributed by atoms with van der Waals surface area (Å²) in [5.41, 5.74) is 8.59. The third kappa shape index (κ3) is 5.89. The molecule has 0 fully saturated rings. The number of aromatic nitrogens is 2. The molecule has 4 rings (SSSR count). The molecule has 0 spiro atoms. The predicted molar refractivity (Wildman–Crippen MR) is 189 cm³/mol. The Hall–Kier alpha value is -2.91. The van der Waals surface area contributed by atoms with E-state index in [1.54, 1.807) is 34.5 Å². The Morgan fingerprint density at radius 2 is 1.44 bits per heavy atom. The summed E-state index contributed by atoms with van der Waals surface area (Å²) in [5.74, 6) is 0.690. The minimum absolute atomic E-state index is 0.198. The number of rotatable bonds is 4. The van der Waals surface area contributed by atoms with Gasteiger partial charge in [0.1, 0.15) is 87.9 Å². The lowest BCUT2D eigenvalue weighted by Crippen LogP contribution is -2.49. The molecule has 3 aromatic rings. The van der Waals surface area contributed by atoms with Crippen LogP contribution in [0.4, 0.5) is 13.2 Å². The van der Waals surface area contributed by atoms with E-state index in [4.69, 9.17) is 4.74 Å². The molecule has 0 unspecified atom stereocenters. The molecule has 6 nitrogen and oxygen atoms in total. The fourth-order valence-corrected chi connectivity index (χ4v) is 5.71. The zero-order valence-corrected chi connectivity index (χ0v) is 25.7. The molecule has 1 aliphatic rings. The van der Waals surface area contributed by atoms with Crippen molar-refractivity contribution in [3.05, 3.63) is 17.5 Å². The highest BCUT2D eigenvalue weighted by atomic mass is 19.4. The van der Waals surface area contributed by atoms with Crippen LogP contribution in [-0.4, -0.2) is 125 Å². The number of ether oxygens (including phenoxy) is 2. The molecule has 0 bridgehead atoms. The van der Waals surface area contributed by atoms with Gasteiger partial charge in [0, 0.05) is 6.54 Å². The molecule has 0 radical (unpaired) electrons. The molecule has 1 aromatic heterocycles. The Morgan fingerprint density at radius 1 is 0.854 bits per heavy atom. The van der Waals surface area contributed by atoms with Gasteiger partial charge in [0.05, 0.1) is 17.5 Å². The number of carbonyl (C=O) groups excluding carboxylic acids is 1. The van der Waals surface area contributed by atoms with Crippen molar-refractivity contribution in [2.45, 2.75) is 18.3 Å². The van der Waals surface area contributed by atoms with Crippen LogP contribution in [0.1, 0.15) is 16.2 Å². The summed E-state index contributed by atoms with van der Waals surface area (Å²) in [7, 11) is 20.5. The first-order valence-corrected chi connectivity index (χ1v) is 13.6. The van der Waals surface area contributed by atoms with Crippen molar-refractivity contribution < 1.29 is 27.4 Å². The van der Waals surface area contributed by atoms with Gasteiger partial charge in [0.2, 0.25) is 0 Å². The Morgan fingerprint density at radius 3 is 2.00 bits per heavy atom. The third-order valence-corrected chi connectivity index (χ3v) is 8.23. The Bertz CT molecular complexity index is 1580. The summed E-state index contributed by atoms with van der Waals surface area (Å²) in [6, 6.07) is 1.71. The van der Waals surface area contributed by atoms with Gasteiger partial charge < -0.3 is 14.4 Å². The monoisotopic (exact) mass is 547 g/mol. The van der Waals surface area contributed by atoms with Gasteiger partial charge >= 0.3 is 6.36 Å². The maximum absolute atomic E-state index is 14.3. The molecule has 41 heavy (non-hydrogen) atoms. The number of alkyl halides is 3. The summed E-state index contributed by atoms with van der Waals surface area (Å²) >= 11 is 0. The van der Waals surface area contributed by atoms with Gasteiger partial charge in [-0.1, -0.05) is 38.8 Å². The van der Waals surface area contributed by atoms with Crippen LogP contribution in [0.3, 0.4) is 0 Å². The maximum atomic E-state index is 14.3. The zero-order valence-electron chi connectivity index (χ0n) is 25.7. The van der Waals surface area contributed by atoms with Crippen LogP contribution in [0.2, 0.25) is 0 Å². The van der Waals surface area contributed by atoms with Crippen LogP contribution in [0, 0.1) is 0 Å². The highest BCUT2D eigenvalue weighted by Gasteiger charge is 2.38. The van der Waals surface area contributed by atoms with E-state index in [9.17, 15) is 18.0 Å². The van der Waals surface area contributed by atoms with E-state index in [0.717, 1.165) is 38.7 Å². The van der Waals surface area contributed by atoms with Crippen molar-refractivity contribution in [1.82, 2.24) is 14.9 Å². The van der Waals surface area contributed by atoms with Gasteiger partial charge in [-0.3, -0.25) is 4.79 Å². The smallest absolute Gasteiger partial charge is 0.503 e.